The molecule has 1 aromatic rings. The third kappa shape index (κ3) is 4.13. The fourth-order valence-corrected chi connectivity index (χ4v) is 3.52. The number of hydrogen-bond donors (Lipinski definition) is 1. The first-order valence-corrected chi connectivity index (χ1v) is 8.07. The number of piperazine rings is 1. The molecule has 1 N–H and O–H groups in total. The molecule has 124 valence electrons. The first-order valence-electron chi connectivity index (χ1n) is 8.07. The molecular formula is C17H28ClN3O. The van der Waals surface area contributed by atoms with Gasteiger partial charge in [-0.1, -0.05) is 12.1 Å². The van der Waals surface area contributed by atoms with Crippen molar-refractivity contribution in [2.45, 2.75) is 25.9 Å². The van der Waals surface area contributed by atoms with Crippen molar-refractivity contribution in [2.24, 2.45) is 0 Å². The van der Waals surface area contributed by atoms with E-state index >= 15 is 0 Å². The van der Waals surface area contributed by atoms with Gasteiger partial charge in [0.25, 0.3) is 0 Å². The summed E-state index contributed by atoms with van der Waals surface area (Å²) in [5.41, 5.74) is 2.57. The SMILES string of the molecule is COc1cc(CN2CCC(N3CCNCC3)C2)ccc1C.Cl. The summed E-state index contributed by atoms with van der Waals surface area (Å²) in [4.78, 5) is 5.24. The van der Waals surface area contributed by atoms with E-state index in [-0.39, 0.29) is 12.4 Å². The Kier molecular flexibility index (Phi) is 6.50. The number of halogens is 1. The van der Waals surface area contributed by atoms with Gasteiger partial charge in [0.15, 0.2) is 0 Å². The van der Waals surface area contributed by atoms with Crippen molar-refractivity contribution in [3.63, 3.8) is 0 Å². The van der Waals surface area contributed by atoms with E-state index in [1.165, 1.54) is 43.7 Å². The molecule has 1 atom stereocenters. The highest BCUT2D eigenvalue weighted by molar-refractivity contribution is 5.85. The first kappa shape index (κ1) is 17.5. The van der Waals surface area contributed by atoms with Gasteiger partial charge in [-0.15, -0.1) is 12.4 Å². The van der Waals surface area contributed by atoms with Gasteiger partial charge in [0, 0.05) is 51.9 Å². The van der Waals surface area contributed by atoms with Crippen molar-refractivity contribution in [3.05, 3.63) is 29.3 Å². The molecule has 3 rings (SSSR count). The average Bonchev–Trinajstić information content (AvgIpc) is 2.98. The standard InChI is InChI=1S/C17H27N3O.ClH/c1-14-3-4-15(11-17(14)21-2)12-19-8-5-16(13-19)20-9-6-18-7-10-20;/h3-4,11,16,18H,5-10,12-13H2,1-2H3;1H. The van der Waals surface area contributed by atoms with Crippen LogP contribution in [-0.2, 0) is 6.54 Å². The van der Waals surface area contributed by atoms with E-state index in [9.17, 15) is 0 Å². The van der Waals surface area contributed by atoms with E-state index < -0.39 is 0 Å². The quantitative estimate of drug-likeness (QED) is 0.915. The maximum atomic E-state index is 5.43. The van der Waals surface area contributed by atoms with Gasteiger partial charge in [-0.05, 0) is 30.5 Å². The van der Waals surface area contributed by atoms with E-state index in [2.05, 4.69) is 40.2 Å². The third-order valence-corrected chi connectivity index (χ3v) is 4.79. The Bertz CT molecular complexity index is 477. The number of likely N-dealkylation sites (tertiary alicyclic amines) is 1. The number of nitrogens with zero attached hydrogens (tertiary/aromatic N) is 2. The van der Waals surface area contributed by atoms with Crippen LogP contribution < -0.4 is 10.1 Å². The molecule has 0 aliphatic carbocycles. The molecular weight excluding hydrogens is 298 g/mol. The van der Waals surface area contributed by atoms with Crippen LogP contribution in [0, 0.1) is 6.92 Å². The van der Waals surface area contributed by atoms with Crippen LogP contribution in [0.5, 0.6) is 5.75 Å². The fourth-order valence-electron chi connectivity index (χ4n) is 3.52. The summed E-state index contributed by atoms with van der Waals surface area (Å²) in [5, 5.41) is 3.44. The summed E-state index contributed by atoms with van der Waals surface area (Å²) >= 11 is 0. The molecule has 1 unspecified atom stereocenters. The summed E-state index contributed by atoms with van der Waals surface area (Å²) < 4.78 is 5.43. The molecule has 0 bridgehead atoms. The van der Waals surface area contributed by atoms with Crippen LogP contribution in [0.25, 0.3) is 0 Å². The van der Waals surface area contributed by atoms with E-state index in [0.717, 1.165) is 31.4 Å². The van der Waals surface area contributed by atoms with E-state index in [1.54, 1.807) is 7.11 Å². The first-order chi connectivity index (χ1) is 10.3. The van der Waals surface area contributed by atoms with Crippen LogP contribution in [0.4, 0.5) is 0 Å². The van der Waals surface area contributed by atoms with Crippen molar-refractivity contribution in [2.75, 3.05) is 46.4 Å². The van der Waals surface area contributed by atoms with E-state index in [1.807, 2.05) is 0 Å². The predicted molar refractivity (Wildman–Crippen MR) is 93.1 cm³/mol. The molecule has 0 aromatic heterocycles. The Hall–Kier alpha value is -0.810. The van der Waals surface area contributed by atoms with Gasteiger partial charge >= 0.3 is 0 Å². The highest BCUT2D eigenvalue weighted by Gasteiger charge is 2.28. The Morgan fingerprint density at radius 1 is 1.23 bits per heavy atom. The Morgan fingerprint density at radius 2 is 2.00 bits per heavy atom. The minimum absolute atomic E-state index is 0. The summed E-state index contributed by atoms with van der Waals surface area (Å²) in [6, 6.07) is 7.33. The van der Waals surface area contributed by atoms with Gasteiger partial charge < -0.3 is 10.1 Å². The zero-order valence-electron chi connectivity index (χ0n) is 13.7. The van der Waals surface area contributed by atoms with Crippen LogP contribution in [-0.4, -0.2) is 62.2 Å². The topological polar surface area (TPSA) is 27.7 Å². The zero-order chi connectivity index (χ0) is 14.7. The zero-order valence-corrected chi connectivity index (χ0v) is 14.5. The van der Waals surface area contributed by atoms with Gasteiger partial charge in [-0.2, -0.15) is 0 Å². The third-order valence-electron chi connectivity index (χ3n) is 4.79. The second kappa shape index (κ2) is 8.16. The van der Waals surface area contributed by atoms with Crippen LogP contribution in [0.2, 0.25) is 0 Å². The minimum atomic E-state index is 0. The smallest absolute Gasteiger partial charge is 0.122 e. The lowest BCUT2D eigenvalue weighted by Crippen LogP contribution is -2.49. The average molecular weight is 326 g/mol. The maximum Gasteiger partial charge on any atom is 0.122 e. The lowest BCUT2D eigenvalue weighted by Gasteiger charge is -2.32. The van der Waals surface area contributed by atoms with E-state index in [0.29, 0.717) is 0 Å². The molecule has 2 heterocycles. The molecule has 0 spiro atoms. The van der Waals surface area contributed by atoms with Gasteiger partial charge in [0.05, 0.1) is 7.11 Å². The van der Waals surface area contributed by atoms with E-state index in [4.69, 9.17) is 4.74 Å². The Balaban J connectivity index is 0.00000176. The number of methoxy groups -OCH3 is 1. The molecule has 4 nitrogen and oxygen atoms in total. The summed E-state index contributed by atoms with van der Waals surface area (Å²) in [5.74, 6) is 1.00. The van der Waals surface area contributed by atoms with Gasteiger partial charge in [0.1, 0.15) is 5.75 Å². The van der Waals surface area contributed by atoms with Gasteiger partial charge in [-0.3, -0.25) is 9.80 Å². The molecule has 0 amide bonds. The van der Waals surface area contributed by atoms with Crippen molar-refractivity contribution in [1.82, 2.24) is 15.1 Å². The predicted octanol–water partition coefficient (Wildman–Crippen LogP) is 1.90. The maximum absolute atomic E-state index is 5.43. The summed E-state index contributed by atoms with van der Waals surface area (Å²) in [6.45, 7) is 10.3. The number of ether oxygens (including phenoxy) is 1. The monoisotopic (exact) mass is 325 g/mol. The van der Waals surface area contributed by atoms with Crippen molar-refractivity contribution >= 4 is 12.4 Å². The number of nitrogens with one attached hydrogen (secondary N) is 1. The number of benzene rings is 1. The molecule has 0 saturated carbocycles. The van der Waals surface area contributed by atoms with Crippen LogP contribution >= 0.6 is 12.4 Å². The van der Waals surface area contributed by atoms with Gasteiger partial charge in [-0.25, -0.2) is 0 Å². The minimum Gasteiger partial charge on any atom is -0.496 e. The molecule has 2 aliphatic heterocycles. The molecule has 5 heteroatoms. The van der Waals surface area contributed by atoms with Gasteiger partial charge in [0.2, 0.25) is 0 Å². The summed E-state index contributed by atoms with van der Waals surface area (Å²) in [6.07, 6.45) is 1.31. The normalized spacial score (nSPS) is 23.3. The Labute approximate surface area is 140 Å². The lowest BCUT2D eigenvalue weighted by atomic mass is 10.1. The Morgan fingerprint density at radius 3 is 2.73 bits per heavy atom. The second-order valence-electron chi connectivity index (χ2n) is 6.27. The van der Waals surface area contributed by atoms with Crippen molar-refractivity contribution in [1.29, 1.82) is 0 Å². The lowest BCUT2D eigenvalue weighted by molar-refractivity contribution is 0.170. The second-order valence-corrected chi connectivity index (χ2v) is 6.27. The largest absolute Gasteiger partial charge is 0.496 e. The van der Waals surface area contributed by atoms with Crippen LogP contribution in [0.1, 0.15) is 17.5 Å². The molecule has 2 aliphatic rings. The summed E-state index contributed by atoms with van der Waals surface area (Å²) in [7, 11) is 1.75. The number of aryl methyl sites for hydroxylation is 1. The van der Waals surface area contributed by atoms with Crippen molar-refractivity contribution in [3.8, 4) is 5.75 Å². The number of rotatable bonds is 4. The molecule has 2 saturated heterocycles. The molecule has 1 aromatic carbocycles. The number of hydrogen-bond acceptors (Lipinski definition) is 4. The van der Waals surface area contributed by atoms with Crippen LogP contribution in [0.3, 0.4) is 0 Å². The highest BCUT2D eigenvalue weighted by Crippen LogP contribution is 2.22. The molecule has 2 fully saturated rings. The van der Waals surface area contributed by atoms with Crippen molar-refractivity contribution < 1.29 is 4.74 Å². The molecule has 22 heavy (non-hydrogen) atoms. The highest BCUT2D eigenvalue weighted by atomic mass is 35.5. The fraction of sp³-hybridized carbons (Fsp3) is 0.647. The van der Waals surface area contributed by atoms with Crippen LogP contribution in [0.15, 0.2) is 18.2 Å². The molecule has 0 radical (unpaired) electrons.